The van der Waals surface area contributed by atoms with E-state index in [9.17, 15) is 9.59 Å². The number of benzene rings is 2. The van der Waals surface area contributed by atoms with Crippen LogP contribution in [-0.4, -0.2) is 24.5 Å². The largest absolute Gasteiger partial charge is 0.481 e. The molecule has 5 nitrogen and oxygen atoms in total. The van der Waals surface area contributed by atoms with Gasteiger partial charge in [0.2, 0.25) is 0 Å². The summed E-state index contributed by atoms with van der Waals surface area (Å²) in [5.41, 5.74) is 0.866. The number of ether oxygens (including phenoxy) is 2. The van der Waals surface area contributed by atoms with Crippen LogP contribution in [0.2, 0.25) is 15.1 Å². The van der Waals surface area contributed by atoms with Gasteiger partial charge in [0.25, 0.3) is 5.91 Å². The third kappa shape index (κ3) is 7.11. The average Bonchev–Trinajstić information content (AvgIpc) is 2.69. The molecule has 0 heterocycles. The summed E-state index contributed by atoms with van der Waals surface area (Å²) in [7, 11) is 0. The average molecular weight is 459 g/mol. The normalized spacial score (nSPS) is 12.7. The van der Waals surface area contributed by atoms with E-state index in [1.165, 1.54) is 12.1 Å². The van der Waals surface area contributed by atoms with E-state index in [-0.39, 0.29) is 34.9 Å². The molecule has 2 rings (SSSR count). The number of esters is 1. The van der Waals surface area contributed by atoms with Crippen LogP contribution < -0.4 is 10.1 Å². The number of hydrogen-bond acceptors (Lipinski definition) is 4. The molecule has 8 heteroatoms. The highest BCUT2D eigenvalue weighted by atomic mass is 35.5. The highest BCUT2D eigenvalue weighted by Crippen LogP contribution is 2.35. The van der Waals surface area contributed by atoms with E-state index >= 15 is 0 Å². The lowest BCUT2D eigenvalue weighted by atomic mass is 9.99. The van der Waals surface area contributed by atoms with E-state index in [1.807, 2.05) is 44.2 Å². The van der Waals surface area contributed by atoms with Crippen LogP contribution in [0, 0.1) is 5.92 Å². The minimum atomic E-state index is -0.795. The van der Waals surface area contributed by atoms with Crippen LogP contribution in [0.15, 0.2) is 42.5 Å². The molecule has 2 aromatic carbocycles. The van der Waals surface area contributed by atoms with Crippen molar-refractivity contribution in [3.05, 3.63) is 63.1 Å². The molecule has 1 amide bonds. The summed E-state index contributed by atoms with van der Waals surface area (Å²) >= 11 is 18.0. The predicted molar refractivity (Wildman–Crippen MR) is 115 cm³/mol. The summed E-state index contributed by atoms with van der Waals surface area (Å²) in [6.07, 6.45) is 0.682. The molecule has 0 saturated heterocycles. The zero-order chi connectivity index (χ0) is 21.4. The van der Waals surface area contributed by atoms with Gasteiger partial charge in [-0.25, -0.2) is 4.79 Å². The fraction of sp³-hybridized carbons (Fsp3) is 0.333. The van der Waals surface area contributed by atoms with Crippen LogP contribution in [-0.2, 0) is 20.9 Å². The first kappa shape index (κ1) is 23.3. The van der Waals surface area contributed by atoms with Crippen molar-refractivity contribution in [1.29, 1.82) is 0 Å². The molecule has 29 heavy (non-hydrogen) atoms. The number of amides is 1. The van der Waals surface area contributed by atoms with Gasteiger partial charge in [0, 0.05) is 5.02 Å². The first-order valence-electron chi connectivity index (χ1n) is 9.09. The van der Waals surface area contributed by atoms with E-state index in [0.717, 1.165) is 5.56 Å². The molecule has 0 aromatic heterocycles. The molecule has 1 N–H and O–H groups in total. The minimum absolute atomic E-state index is 0.120. The lowest BCUT2D eigenvalue weighted by Crippen LogP contribution is -2.47. The first-order chi connectivity index (χ1) is 13.8. The Hall–Kier alpha value is -1.95. The molecule has 2 aromatic rings. The van der Waals surface area contributed by atoms with Gasteiger partial charge in [-0.2, -0.15) is 0 Å². The molecule has 2 unspecified atom stereocenters. The van der Waals surface area contributed by atoms with Crippen LogP contribution in [0.4, 0.5) is 0 Å². The molecule has 0 aliphatic rings. The first-order valence-corrected chi connectivity index (χ1v) is 10.2. The van der Waals surface area contributed by atoms with Gasteiger partial charge < -0.3 is 14.8 Å². The third-order valence-electron chi connectivity index (χ3n) is 4.32. The van der Waals surface area contributed by atoms with Gasteiger partial charge in [-0.05, 0) is 23.6 Å². The number of rotatable bonds is 9. The predicted octanol–water partition coefficient (Wildman–Crippen LogP) is 5.30. The van der Waals surface area contributed by atoms with E-state index in [1.54, 1.807) is 0 Å². The molecule has 0 bridgehead atoms. The quantitative estimate of drug-likeness (QED) is 0.518. The monoisotopic (exact) mass is 457 g/mol. The molecule has 0 saturated carbocycles. The molecule has 0 spiro atoms. The van der Waals surface area contributed by atoms with Crippen LogP contribution >= 0.6 is 34.8 Å². The van der Waals surface area contributed by atoms with Crippen LogP contribution in [0.3, 0.4) is 0 Å². The van der Waals surface area contributed by atoms with Gasteiger partial charge in [-0.3, -0.25) is 4.79 Å². The zero-order valence-corrected chi connectivity index (χ0v) is 18.4. The van der Waals surface area contributed by atoms with Gasteiger partial charge >= 0.3 is 5.97 Å². The Balaban J connectivity index is 1.96. The summed E-state index contributed by atoms with van der Waals surface area (Å²) in [6.45, 7) is 3.56. The molecular weight excluding hydrogens is 437 g/mol. The smallest absolute Gasteiger partial charge is 0.329 e. The fourth-order valence-electron chi connectivity index (χ4n) is 2.51. The molecule has 0 radical (unpaired) electrons. The van der Waals surface area contributed by atoms with Gasteiger partial charge in [0.05, 0.1) is 10.0 Å². The van der Waals surface area contributed by atoms with Crippen molar-refractivity contribution in [3.63, 3.8) is 0 Å². The zero-order valence-electron chi connectivity index (χ0n) is 16.1. The van der Waals surface area contributed by atoms with Crippen LogP contribution in [0.5, 0.6) is 5.75 Å². The topological polar surface area (TPSA) is 64.6 Å². The van der Waals surface area contributed by atoms with Crippen molar-refractivity contribution in [2.24, 2.45) is 5.92 Å². The Bertz CT molecular complexity index is 822. The second-order valence-electron chi connectivity index (χ2n) is 6.51. The Morgan fingerprint density at radius 3 is 2.28 bits per heavy atom. The lowest BCUT2D eigenvalue weighted by molar-refractivity contribution is -0.150. The summed E-state index contributed by atoms with van der Waals surface area (Å²) in [6, 6.07) is 11.5. The second kappa shape index (κ2) is 11.3. The second-order valence-corrected chi connectivity index (χ2v) is 7.76. The third-order valence-corrected chi connectivity index (χ3v) is 5.10. The van der Waals surface area contributed by atoms with Gasteiger partial charge in [0.15, 0.2) is 12.4 Å². The Morgan fingerprint density at radius 1 is 1.07 bits per heavy atom. The maximum atomic E-state index is 12.5. The molecule has 0 aliphatic heterocycles. The van der Waals surface area contributed by atoms with E-state index in [2.05, 4.69) is 5.32 Å². The van der Waals surface area contributed by atoms with Gasteiger partial charge in [0.1, 0.15) is 12.6 Å². The van der Waals surface area contributed by atoms with E-state index < -0.39 is 17.9 Å². The van der Waals surface area contributed by atoms with Crippen molar-refractivity contribution in [1.82, 2.24) is 5.32 Å². The standard InChI is InChI=1S/C21H22Cl3NO4/c1-3-13(2)19(21(27)29-11-14-7-5-4-6-8-14)25-18(26)12-28-20-16(23)9-15(22)10-17(20)24/h4-10,13,19H,3,11-12H2,1-2H3,(H,25,26). The maximum absolute atomic E-state index is 12.5. The number of carbonyl (C=O) groups is 2. The number of nitrogens with one attached hydrogen (secondary N) is 1. The molecule has 2 atom stereocenters. The summed E-state index contributed by atoms with van der Waals surface area (Å²) in [5, 5.41) is 3.41. The van der Waals surface area contributed by atoms with Crippen molar-refractivity contribution >= 4 is 46.7 Å². The van der Waals surface area contributed by atoms with Crippen LogP contribution in [0.1, 0.15) is 25.8 Å². The summed E-state index contributed by atoms with van der Waals surface area (Å²) < 4.78 is 10.8. The van der Waals surface area contributed by atoms with E-state index in [4.69, 9.17) is 44.3 Å². The Morgan fingerprint density at radius 2 is 1.69 bits per heavy atom. The van der Waals surface area contributed by atoms with Crippen molar-refractivity contribution in [2.75, 3.05) is 6.61 Å². The highest BCUT2D eigenvalue weighted by molar-refractivity contribution is 6.40. The van der Waals surface area contributed by atoms with Crippen molar-refractivity contribution in [3.8, 4) is 5.75 Å². The maximum Gasteiger partial charge on any atom is 0.329 e. The van der Waals surface area contributed by atoms with Gasteiger partial charge in [-0.15, -0.1) is 0 Å². The molecule has 156 valence electrons. The van der Waals surface area contributed by atoms with Crippen molar-refractivity contribution < 1.29 is 19.1 Å². The van der Waals surface area contributed by atoms with Crippen LogP contribution in [0.25, 0.3) is 0 Å². The lowest BCUT2D eigenvalue weighted by Gasteiger charge is -2.23. The van der Waals surface area contributed by atoms with Crippen molar-refractivity contribution in [2.45, 2.75) is 32.9 Å². The number of carbonyl (C=O) groups excluding carboxylic acids is 2. The fourth-order valence-corrected chi connectivity index (χ4v) is 3.43. The number of hydrogen-bond donors (Lipinski definition) is 1. The Labute approximate surface area is 185 Å². The Kier molecular flexibility index (Phi) is 9.08. The summed E-state index contributed by atoms with van der Waals surface area (Å²) in [4.78, 5) is 24.9. The summed E-state index contributed by atoms with van der Waals surface area (Å²) in [5.74, 6) is -0.960. The van der Waals surface area contributed by atoms with E-state index in [0.29, 0.717) is 11.4 Å². The number of halogens is 3. The SMILES string of the molecule is CCC(C)C(NC(=O)COc1c(Cl)cc(Cl)cc1Cl)C(=O)OCc1ccccc1. The molecular formula is C21H22Cl3NO4. The highest BCUT2D eigenvalue weighted by Gasteiger charge is 2.27. The van der Waals surface area contributed by atoms with Gasteiger partial charge in [-0.1, -0.05) is 85.4 Å². The molecule has 0 fully saturated rings. The minimum Gasteiger partial charge on any atom is -0.481 e. The molecule has 0 aliphatic carbocycles.